The van der Waals surface area contributed by atoms with Crippen LogP contribution in [0.5, 0.6) is 0 Å². The quantitative estimate of drug-likeness (QED) is 0.0923. The van der Waals surface area contributed by atoms with Crippen molar-refractivity contribution in [2.24, 2.45) is 0 Å². The van der Waals surface area contributed by atoms with E-state index in [2.05, 4.69) is 10.6 Å². The minimum Gasteiger partial charge on any atom is -0.414 e. The molecule has 0 saturated heterocycles. The summed E-state index contributed by atoms with van der Waals surface area (Å²) < 4.78 is 33.3. The van der Waals surface area contributed by atoms with Gasteiger partial charge in [0.25, 0.3) is 0 Å². The Morgan fingerprint density at radius 1 is 1.08 bits per heavy atom. The first-order chi connectivity index (χ1) is 11.7. The van der Waals surface area contributed by atoms with E-state index < -0.39 is 24.9 Å². The van der Waals surface area contributed by atoms with Crippen LogP contribution in [0, 0.1) is 0 Å². The van der Waals surface area contributed by atoms with Crippen molar-refractivity contribution in [3.05, 3.63) is 0 Å². The van der Waals surface area contributed by atoms with Crippen molar-refractivity contribution in [2.45, 2.75) is 19.6 Å². The summed E-state index contributed by atoms with van der Waals surface area (Å²) in [4.78, 5) is 19.5. The number of hydrogen-bond acceptors (Lipinski definition) is 8. The maximum absolute atomic E-state index is 11.7. The molecule has 0 fully saturated rings. The van der Waals surface area contributed by atoms with Gasteiger partial charge in [0.1, 0.15) is 13.2 Å². The van der Waals surface area contributed by atoms with E-state index in [1.165, 1.54) is 0 Å². The highest BCUT2D eigenvalue weighted by Crippen LogP contribution is 2.42. The molecule has 26 heavy (non-hydrogen) atoms. The lowest BCUT2D eigenvalue weighted by Gasteiger charge is -2.31. The van der Waals surface area contributed by atoms with Crippen molar-refractivity contribution >= 4 is 24.9 Å². The Balaban J connectivity index is 3.88. The molecule has 4 N–H and O–H groups in total. The van der Waals surface area contributed by atoms with E-state index in [1.807, 2.05) is 27.7 Å². The summed E-state index contributed by atoms with van der Waals surface area (Å²) in [5, 5.41) is 6.17. The molecule has 2 unspecified atom stereocenters. The Bertz CT molecular complexity index is 448. The molecule has 0 amide bonds. The highest BCUT2D eigenvalue weighted by Gasteiger charge is 2.37. The van der Waals surface area contributed by atoms with E-state index in [4.69, 9.17) is 17.6 Å². The van der Waals surface area contributed by atoms with Gasteiger partial charge in [0.2, 0.25) is 0 Å². The molecule has 13 heteroatoms. The summed E-state index contributed by atoms with van der Waals surface area (Å²) in [6.45, 7) is 6.90. The smallest absolute Gasteiger partial charge is 0.414 e. The summed E-state index contributed by atoms with van der Waals surface area (Å²) in [5.74, 6) is 0. The second-order valence-corrected chi connectivity index (χ2v) is 15.8. The van der Waals surface area contributed by atoms with Gasteiger partial charge >= 0.3 is 24.9 Å². The SMILES string of the molecule is CO[Si](C)(CNCNCCOP(=O)(O)OCC[N+](C)(C)C)O[Si](C)(C)O. The Kier molecular flexibility index (Phi) is 11.5. The lowest BCUT2D eigenvalue weighted by Crippen LogP contribution is -2.55. The van der Waals surface area contributed by atoms with Crippen LogP contribution >= 0.6 is 7.82 Å². The van der Waals surface area contributed by atoms with Crippen LogP contribution in [0.4, 0.5) is 0 Å². The molecule has 0 heterocycles. The van der Waals surface area contributed by atoms with Crippen molar-refractivity contribution in [3.63, 3.8) is 0 Å². The van der Waals surface area contributed by atoms with Crippen molar-refractivity contribution in [1.29, 1.82) is 0 Å². The van der Waals surface area contributed by atoms with Crippen LogP contribution in [0.3, 0.4) is 0 Å². The zero-order chi connectivity index (χ0) is 20.5. The van der Waals surface area contributed by atoms with Gasteiger partial charge in [-0.05, 0) is 19.6 Å². The summed E-state index contributed by atoms with van der Waals surface area (Å²) in [5.41, 5.74) is 0. The maximum atomic E-state index is 11.7. The standard InChI is InChI=1S/C13H36N3O7PSi2/c1-16(2,3)9-11-22-24(17,18)21-10-8-14-12-15-13-26(7,20-4)23-25(5,6)19/h14-15,19H,8-13H2,1-7H3/p+1. The van der Waals surface area contributed by atoms with Crippen molar-refractivity contribution in [2.75, 3.05) is 67.4 Å². The van der Waals surface area contributed by atoms with Crippen LogP contribution in [0.15, 0.2) is 0 Å². The summed E-state index contributed by atoms with van der Waals surface area (Å²) in [7, 11) is -1.66. The number of hydrogen-bond donors (Lipinski definition) is 4. The molecule has 0 aliphatic heterocycles. The number of phosphoric ester groups is 1. The number of phosphoric acid groups is 1. The molecule has 0 saturated carbocycles. The van der Waals surface area contributed by atoms with Crippen molar-refractivity contribution in [3.8, 4) is 0 Å². The molecular formula is C13H37N3O7PSi2+. The third kappa shape index (κ3) is 15.4. The third-order valence-electron chi connectivity index (χ3n) is 3.14. The highest BCUT2D eigenvalue weighted by atomic mass is 31.2. The average molecular weight is 435 g/mol. The second-order valence-electron chi connectivity index (χ2n) is 7.64. The van der Waals surface area contributed by atoms with Crippen molar-refractivity contribution < 1.29 is 36.3 Å². The fourth-order valence-corrected chi connectivity index (χ4v) is 8.13. The molecule has 0 rings (SSSR count). The molecule has 0 aromatic carbocycles. The van der Waals surface area contributed by atoms with Gasteiger partial charge in [-0.1, -0.05) is 0 Å². The Morgan fingerprint density at radius 3 is 2.15 bits per heavy atom. The van der Waals surface area contributed by atoms with Gasteiger partial charge in [-0.25, -0.2) is 4.57 Å². The first-order valence-corrected chi connectivity index (χ1v) is 15.4. The summed E-state index contributed by atoms with van der Waals surface area (Å²) in [6, 6.07) is 0. The molecular weight excluding hydrogens is 397 g/mol. The molecule has 0 aromatic rings. The maximum Gasteiger partial charge on any atom is 0.472 e. The Hall–Kier alpha value is 0.304. The third-order valence-corrected chi connectivity index (χ3v) is 9.64. The first-order valence-electron chi connectivity index (χ1n) is 8.49. The minimum atomic E-state index is -4.02. The largest absolute Gasteiger partial charge is 0.472 e. The van der Waals surface area contributed by atoms with Crippen LogP contribution in [0.2, 0.25) is 19.6 Å². The number of rotatable bonds is 15. The first kappa shape index (κ1) is 26.3. The Morgan fingerprint density at radius 2 is 1.65 bits per heavy atom. The number of likely N-dealkylation sites (N-methyl/N-ethyl adjacent to an activating group) is 1. The monoisotopic (exact) mass is 434 g/mol. The van der Waals surface area contributed by atoms with E-state index in [0.29, 0.717) is 30.4 Å². The van der Waals surface area contributed by atoms with E-state index in [0.717, 1.165) is 0 Å². The topological polar surface area (TPSA) is 119 Å². The van der Waals surface area contributed by atoms with Crippen LogP contribution in [0.1, 0.15) is 0 Å². The molecule has 10 nitrogen and oxygen atoms in total. The summed E-state index contributed by atoms with van der Waals surface area (Å²) >= 11 is 0. The lowest BCUT2D eigenvalue weighted by molar-refractivity contribution is -0.870. The molecule has 0 aliphatic carbocycles. The predicted octanol–water partition coefficient (Wildman–Crippen LogP) is -0.0688. The van der Waals surface area contributed by atoms with Crippen LogP contribution in [-0.2, 0) is 22.2 Å². The number of nitrogens with zero attached hydrogens (tertiary/aromatic N) is 1. The van der Waals surface area contributed by atoms with Gasteiger partial charge in [0.05, 0.1) is 27.7 Å². The van der Waals surface area contributed by atoms with Crippen molar-refractivity contribution in [1.82, 2.24) is 10.6 Å². The van der Waals surface area contributed by atoms with Crippen LogP contribution < -0.4 is 10.6 Å². The lowest BCUT2D eigenvalue weighted by atomic mass is 10.5. The van der Waals surface area contributed by atoms with Gasteiger partial charge in [-0.15, -0.1) is 0 Å². The molecule has 0 bridgehead atoms. The molecule has 0 aromatic heterocycles. The minimum absolute atomic E-state index is 0.0475. The Labute approximate surface area is 159 Å². The number of quaternary nitrogens is 1. The van der Waals surface area contributed by atoms with Gasteiger partial charge in [0, 0.05) is 26.5 Å². The van der Waals surface area contributed by atoms with Gasteiger partial charge in [-0.3, -0.25) is 9.05 Å². The fraction of sp³-hybridized carbons (Fsp3) is 1.00. The zero-order valence-corrected chi connectivity index (χ0v) is 20.0. The summed E-state index contributed by atoms with van der Waals surface area (Å²) in [6.07, 6.45) is 0.501. The van der Waals surface area contributed by atoms with E-state index in [-0.39, 0.29) is 13.2 Å². The number of nitrogens with one attached hydrogen (secondary N) is 2. The second kappa shape index (κ2) is 11.3. The molecule has 158 valence electrons. The normalized spacial score (nSPS) is 17.7. The average Bonchev–Trinajstić information content (AvgIpc) is 2.42. The zero-order valence-electron chi connectivity index (χ0n) is 17.1. The predicted molar refractivity (Wildman–Crippen MR) is 105 cm³/mol. The van der Waals surface area contributed by atoms with E-state index in [9.17, 15) is 14.3 Å². The molecule has 0 aliphatic rings. The van der Waals surface area contributed by atoms with E-state index >= 15 is 0 Å². The van der Waals surface area contributed by atoms with Gasteiger partial charge < -0.3 is 33.3 Å². The fourth-order valence-electron chi connectivity index (χ4n) is 1.85. The van der Waals surface area contributed by atoms with E-state index in [1.54, 1.807) is 20.2 Å². The van der Waals surface area contributed by atoms with Crippen LogP contribution in [-0.4, -0.2) is 98.7 Å². The molecule has 2 atom stereocenters. The van der Waals surface area contributed by atoms with Crippen LogP contribution in [0.25, 0.3) is 0 Å². The molecule has 0 radical (unpaired) electrons. The van der Waals surface area contributed by atoms with Gasteiger partial charge in [-0.2, -0.15) is 0 Å². The molecule has 0 spiro atoms. The highest BCUT2D eigenvalue weighted by molar-refractivity contribution is 7.47. The van der Waals surface area contributed by atoms with Gasteiger partial charge in [0.15, 0.2) is 0 Å².